The molecule has 0 spiro atoms. The van der Waals surface area contributed by atoms with E-state index in [9.17, 15) is 14.7 Å². The fourth-order valence-electron chi connectivity index (χ4n) is 1.65. The molecule has 0 fully saturated rings. The van der Waals surface area contributed by atoms with Crippen molar-refractivity contribution in [1.29, 1.82) is 0 Å². The molecule has 0 aromatic carbocycles. The maximum Gasteiger partial charge on any atom is 0.355 e. The summed E-state index contributed by atoms with van der Waals surface area (Å²) in [7, 11) is 0. The number of esters is 1. The topological polar surface area (TPSA) is 71.4 Å². The molecule has 0 atom stereocenters. The Labute approximate surface area is 101 Å². The van der Waals surface area contributed by atoms with Gasteiger partial charge in [-0.2, -0.15) is 0 Å². The third-order valence-corrected chi connectivity index (χ3v) is 3.15. The lowest BCUT2D eigenvalue weighted by atomic mass is 10.4. The van der Waals surface area contributed by atoms with Crippen molar-refractivity contribution in [1.82, 2.24) is 4.57 Å². The molecule has 0 radical (unpaired) electrons. The molecule has 2 rings (SSSR count). The molecule has 0 saturated carbocycles. The summed E-state index contributed by atoms with van der Waals surface area (Å²) in [4.78, 5) is 22.3. The lowest BCUT2D eigenvalue weighted by Gasteiger charge is -2.09. The minimum absolute atomic E-state index is 0.248. The zero-order valence-electron chi connectivity index (χ0n) is 9.13. The largest absolute Gasteiger partial charge is 0.548 e. The summed E-state index contributed by atoms with van der Waals surface area (Å²) >= 11 is 1.44. The molecule has 2 heterocycles. The molecule has 0 amide bonds. The standard InChI is InChI=1S/C11H11NO4S/c1-2-16-11(15)8-5-9-7(3-4-17-9)12(8)6-10(13)14/h3-5H,2,6H2,1H3,(H,13,14)/p-1. The molecule has 0 bridgehead atoms. The van der Waals surface area contributed by atoms with E-state index in [4.69, 9.17) is 4.74 Å². The molecular weight excluding hydrogens is 242 g/mol. The smallest absolute Gasteiger partial charge is 0.355 e. The molecule has 17 heavy (non-hydrogen) atoms. The van der Waals surface area contributed by atoms with E-state index < -0.39 is 11.9 Å². The van der Waals surface area contributed by atoms with Crippen LogP contribution in [-0.2, 0) is 16.1 Å². The first-order valence-electron chi connectivity index (χ1n) is 5.07. The molecule has 2 aromatic heterocycles. The molecule has 0 aliphatic carbocycles. The molecule has 6 heteroatoms. The molecular formula is C11H10NO4S-. The van der Waals surface area contributed by atoms with Crippen LogP contribution < -0.4 is 5.11 Å². The third-order valence-electron chi connectivity index (χ3n) is 2.29. The number of hydrogen-bond acceptors (Lipinski definition) is 5. The number of rotatable bonds is 4. The second-order valence-electron chi connectivity index (χ2n) is 3.38. The molecule has 0 aliphatic heterocycles. The Hall–Kier alpha value is -1.82. The van der Waals surface area contributed by atoms with Gasteiger partial charge in [0, 0.05) is 0 Å². The summed E-state index contributed by atoms with van der Waals surface area (Å²) in [5.41, 5.74) is 0.958. The quantitative estimate of drug-likeness (QED) is 0.748. The van der Waals surface area contributed by atoms with E-state index >= 15 is 0 Å². The normalized spacial score (nSPS) is 10.6. The Bertz CT molecular complexity index is 569. The van der Waals surface area contributed by atoms with Crippen molar-refractivity contribution in [3.63, 3.8) is 0 Å². The van der Waals surface area contributed by atoms with Gasteiger partial charge < -0.3 is 19.2 Å². The van der Waals surface area contributed by atoms with Gasteiger partial charge in [0.1, 0.15) is 5.69 Å². The minimum atomic E-state index is -1.24. The van der Waals surface area contributed by atoms with Crippen LogP contribution in [0.3, 0.4) is 0 Å². The summed E-state index contributed by atoms with van der Waals surface area (Å²) in [6, 6.07) is 3.41. The predicted molar refractivity (Wildman–Crippen MR) is 60.8 cm³/mol. The van der Waals surface area contributed by atoms with Gasteiger partial charge in [-0.3, -0.25) is 0 Å². The van der Waals surface area contributed by atoms with Crippen molar-refractivity contribution in [3.8, 4) is 0 Å². The maximum atomic E-state index is 11.7. The number of aromatic nitrogens is 1. The van der Waals surface area contributed by atoms with Crippen molar-refractivity contribution in [2.24, 2.45) is 0 Å². The van der Waals surface area contributed by atoms with E-state index in [0.717, 1.165) is 4.70 Å². The lowest BCUT2D eigenvalue weighted by molar-refractivity contribution is -0.306. The van der Waals surface area contributed by atoms with Gasteiger partial charge in [0.2, 0.25) is 0 Å². The summed E-state index contributed by atoms with van der Waals surface area (Å²) < 4.78 is 7.14. The van der Waals surface area contributed by atoms with Gasteiger partial charge in [-0.15, -0.1) is 11.3 Å². The molecule has 0 saturated heterocycles. The average Bonchev–Trinajstić information content (AvgIpc) is 2.80. The second kappa shape index (κ2) is 4.58. The Balaban J connectivity index is 2.49. The van der Waals surface area contributed by atoms with Gasteiger partial charge in [-0.05, 0) is 24.4 Å². The molecule has 0 N–H and O–H groups in total. The highest BCUT2D eigenvalue weighted by atomic mass is 32.1. The summed E-state index contributed by atoms with van der Waals surface area (Å²) in [5.74, 6) is -1.75. The van der Waals surface area contributed by atoms with Gasteiger partial charge in [0.05, 0.1) is 29.3 Å². The first kappa shape index (κ1) is 11.7. The van der Waals surface area contributed by atoms with Crippen LogP contribution in [-0.4, -0.2) is 23.1 Å². The van der Waals surface area contributed by atoms with E-state index in [2.05, 4.69) is 0 Å². The zero-order valence-corrected chi connectivity index (χ0v) is 9.95. The van der Waals surface area contributed by atoms with Gasteiger partial charge in [-0.1, -0.05) is 0 Å². The van der Waals surface area contributed by atoms with Gasteiger partial charge >= 0.3 is 5.97 Å². The van der Waals surface area contributed by atoms with Crippen LogP contribution in [0.2, 0.25) is 0 Å². The molecule has 5 nitrogen and oxygen atoms in total. The number of nitrogens with zero attached hydrogens (tertiary/aromatic N) is 1. The van der Waals surface area contributed by atoms with Gasteiger partial charge in [0.15, 0.2) is 0 Å². The zero-order chi connectivity index (χ0) is 12.4. The minimum Gasteiger partial charge on any atom is -0.548 e. The Morgan fingerprint density at radius 1 is 1.53 bits per heavy atom. The van der Waals surface area contributed by atoms with Crippen molar-refractivity contribution >= 4 is 33.5 Å². The number of carbonyl (C=O) groups is 2. The molecule has 90 valence electrons. The van der Waals surface area contributed by atoms with Crippen LogP contribution in [0, 0.1) is 0 Å². The summed E-state index contributed by atoms with van der Waals surface area (Å²) in [5, 5.41) is 12.5. The first-order valence-corrected chi connectivity index (χ1v) is 5.95. The van der Waals surface area contributed by atoms with Crippen LogP contribution in [0.15, 0.2) is 17.5 Å². The summed E-state index contributed by atoms with van der Waals surface area (Å²) in [6.45, 7) is 1.60. The van der Waals surface area contributed by atoms with E-state index in [1.54, 1.807) is 19.1 Å². The van der Waals surface area contributed by atoms with E-state index in [1.807, 2.05) is 5.38 Å². The monoisotopic (exact) mass is 252 g/mol. The van der Waals surface area contributed by atoms with Crippen LogP contribution in [0.1, 0.15) is 17.4 Å². The van der Waals surface area contributed by atoms with E-state index in [1.165, 1.54) is 15.9 Å². The number of carbonyl (C=O) groups excluding carboxylic acids is 2. The highest BCUT2D eigenvalue weighted by Gasteiger charge is 2.17. The summed E-state index contributed by atoms with van der Waals surface area (Å²) in [6.07, 6.45) is 0. The van der Waals surface area contributed by atoms with Gasteiger partial charge in [0.25, 0.3) is 0 Å². The van der Waals surface area contributed by atoms with Gasteiger partial charge in [-0.25, -0.2) is 4.79 Å². The number of hydrogen-bond donors (Lipinski definition) is 0. The van der Waals surface area contributed by atoms with Crippen molar-refractivity contribution in [2.75, 3.05) is 6.61 Å². The van der Waals surface area contributed by atoms with Crippen LogP contribution in [0.25, 0.3) is 10.2 Å². The van der Waals surface area contributed by atoms with Crippen molar-refractivity contribution in [3.05, 3.63) is 23.2 Å². The molecule has 2 aromatic rings. The number of fused-ring (bicyclic) bond motifs is 1. The molecule has 0 aliphatic rings. The van der Waals surface area contributed by atoms with Crippen molar-refractivity contribution in [2.45, 2.75) is 13.5 Å². The second-order valence-corrected chi connectivity index (χ2v) is 4.33. The highest BCUT2D eigenvalue weighted by Crippen LogP contribution is 2.25. The Kier molecular flexibility index (Phi) is 3.14. The van der Waals surface area contributed by atoms with E-state index in [-0.39, 0.29) is 18.8 Å². The molecule has 0 unspecified atom stereocenters. The number of carboxylic acid groups (broad SMARTS) is 1. The van der Waals surface area contributed by atoms with Crippen LogP contribution in [0.4, 0.5) is 0 Å². The number of aliphatic carboxylic acids is 1. The number of carboxylic acids is 1. The number of thiophene rings is 1. The fourth-order valence-corrected chi connectivity index (χ4v) is 2.47. The first-order chi connectivity index (χ1) is 8.13. The maximum absolute atomic E-state index is 11.7. The lowest BCUT2D eigenvalue weighted by Crippen LogP contribution is -2.29. The SMILES string of the molecule is CCOC(=O)c1cc2sccc2n1CC(=O)[O-]. The fraction of sp³-hybridized carbons (Fsp3) is 0.273. The average molecular weight is 252 g/mol. The predicted octanol–water partition coefficient (Wildman–Crippen LogP) is 0.629. The Morgan fingerprint density at radius 3 is 2.94 bits per heavy atom. The highest BCUT2D eigenvalue weighted by molar-refractivity contribution is 7.17. The Morgan fingerprint density at radius 2 is 2.29 bits per heavy atom. The van der Waals surface area contributed by atoms with Crippen LogP contribution in [0.5, 0.6) is 0 Å². The number of ether oxygens (including phenoxy) is 1. The van der Waals surface area contributed by atoms with E-state index in [0.29, 0.717) is 5.52 Å². The van der Waals surface area contributed by atoms with Crippen LogP contribution >= 0.6 is 11.3 Å². The third kappa shape index (κ3) is 2.16. The van der Waals surface area contributed by atoms with Crippen molar-refractivity contribution < 1.29 is 19.4 Å².